The summed E-state index contributed by atoms with van der Waals surface area (Å²) < 4.78 is 33.3. The lowest BCUT2D eigenvalue weighted by molar-refractivity contribution is -0.101. The monoisotopic (exact) mass is 380 g/mol. The van der Waals surface area contributed by atoms with Gasteiger partial charge < -0.3 is 14.9 Å². The highest BCUT2D eigenvalue weighted by Gasteiger charge is 2.81. The standard InChI is InChI=1S/C17H14F2N2O6/c18-17(19)8-16(17)12(24)11(23)14(27-16)20-7-6-10(22)21(15(20)26)13(25)9-4-2-1-3-5-9/h1-7,11-12,14,23-24H,8H2/t11-,12+,14-,16+/m1/s1. The predicted molar refractivity (Wildman–Crippen MR) is 85.6 cm³/mol. The second kappa shape index (κ2) is 5.65. The minimum Gasteiger partial charge on any atom is -0.387 e. The third-order valence-corrected chi connectivity index (χ3v) is 4.91. The maximum atomic E-state index is 13.6. The van der Waals surface area contributed by atoms with Gasteiger partial charge in [0.25, 0.3) is 17.4 Å². The number of rotatable bonds is 2. The number of ether oxygens (including phenoxy) is 1. The van der Waals surface area contributed by atoms with E-state index in [0.29, 0.717) is 9.13 Å². The van der Waals surface area contributed by atoms with Gasteiger partial charge >= 0.3 is 5.69 Å². The van der Waals surface area contributed by atoms with Crippen LogP contribution < -0.4 is 11.2 Å². The smallest absolute Gasteiger partial charge is 0.340 e. The molecule has 0 unspecified atom stereocenters. The minimum absolute atomic E-state index is 0.0626. The van der Waals surface area contributed by atoms with Gasteiger partial charge in [-0.25, -0.2) is 13.6 Å². The summed E-state index contributed by atoms with van der Waals surface area (Å²) in [4.78, 5) is 37.3. The van der Waals surface area contributed by atoms with E-state index in [1.165, 1.54) is 12.1 Å². The summed E-state index contributed by atoms with van der Waals surface area (Å²) in [7, 11) is 0. The molecule has 0 bridgehead atoms. The Morgan fingerprint density at radius 1 is 1.15 bits per heavy atom. The van der Waals surface area contributed by atoms with Crippen LogP contribution in [0.15, 0.2) is 52.2 Å². The molecule has 1 aromatic heterocycles. The van der Waals surface area contributed by atoms with Crippen molar-refractivity contribution in [3.05, 3.63) is 69.0 Å². The first kappa shape index (κ1) is 17.7. The van der Waals surface area contributed by atoms with Crippen molar-refractivity contribution in [2.75, 3.05) is 0 Å². The van der Waals surface area contributed by atoms with Crippen molar-refractivity contribution >= 4 is 5.91 Å². The van der Waals surface area contributed by atoms with Gasteiger partial charge in [0.15, 0.2) is 11.8 Å². The van der Waals surface area contributed by atoms with Crippen molar-refractivity contribution in [3.8, 4) is 0 Å². The number of alkyl halides is 2. The Morgan fingerprint density at radius 3 is 2.33 bits per heavy atom. The zero-order valence-electron chi connectivity index (χ0n) is 13.7. The molecule has 1 saturated carbocycles. The van der Waals surface area contributed by atoms with Crippen LogP contribution >= 0.6 is 0 Å². The minimum atomic E-state index is -3.35. The predicted octanol–water partition coefficient (Wildman–Crippen LogP) is -0.273. The SMILES string of the molecule is O=C(c1ccccc1)n1c(=O)ccn([C@@H]2O[C@@]3(CC3(F)F)[C@@H](O)[C@H]2O)c1=O. The van der Waals surface area contributed by atoms with Crippen molar-refractivity contribution in [2.45, 2.75) is 36.4 Å². The number of carbonyl (C=O) groups excluding carboxylic acids is 1. The van der Waals surface area contributed by atoms with Crippen LogP contribution in [-0.4, -0.2) is 49.0 Å². The Morgan fingerprint density at radius 2 is 1.78 bits per heavy atom. The molecule has 8 nitrogen and oxygen atoms in total. The maximum absolute atomic E-state index is 13.6. The number of aliphatic hydroxyl groups excluding tert-OH is 2. The molecule has 10 heteroatoms. The van der Waals surface area contributed by atoms with Crippen molar-refractivity contribution in [1.82, 2.24) is 9.13 Å². The number of halogens is 2. The summed E-state index contributed by atoms with van der Waals surface area (Å²) in [5.41, 5.74) is -4.31. The van der Waals surface area contributed by atoms with Crippen molar-refractivity contribution in [3.63, 3.8) is 0 Å². The summed E-state index contributed by atoms with van der Waals surface area (Å²) in [6.07, 6.45) is -5.30. The molecule has 142 valence electrons. The Hall–Kier alpha value is -2.69. The van der Waals surface area contributed by atoms with E-state index in [0.717, 1.165) is 12.3 Å². The average molecular weight is 380 g/mol. The fourth-order valence-electron chi connectivity index (χ4n) is 3.32. The molecule has 0 radical (unpaired) electrons. The van der Waals surface area contributed by atoms with Gasteiger partial charge in [-0.05, 0) is 12.1 Å². The average Bonchev–Trinajstić information content (AvgIpc) is 3.11. The molecule has 1 spiro atoms. The van der Waals surface area contributed by atoms with E-state index in [1.807, 2.05) is 0 Å². The quantitative estimate of drug-likeness (QED) is 0.742. The summed E-state index contributed by atoms with van der Waals surface area (Å²) >= 11 is 0. The van der Waals surface area contributed by atoms with Crippen LogP contribution in [0.3, 0.4) is 0 Å². The summed E-state index contributed by atoms with van der Waals surface area (Å²) in [5, 5.41) is 20.1. The first-order chi connectivity index (χ1) is 12.7. The molecule has 0 amide bonds. The third kappa shape index (κ3) is 2.41. The number of nitrogens with zero attached hydrogens (tertiary/aromatic N) is 2. The highest BCUT2D eigenvalue weighted by atomic mass is 19.3. The number of carbonyl (C=O) groups is 1. The number of hydrogen-bond donors (Lipinski definition) is 2. The van der Waals surface area contributed by atoms with Crippen LogP contribution in [0.2, 0.25) is 0 Å². The first-order valence-corrected chi connectivity index (χ1v) is 8.05. The molecule has 4 rings (SSSR count). The van der Waals surface area contributed by atoms with Gasteiger partial charge in [0, 0.05) is 17.8 Å². The summed E-state index contributed by atoms with van der Waals surface area (Å²) in [6.45, 7) is 0. The number of hydrogen-bond acceptors (Lipinski definition) is 6. The number of aliphatic hydroxyl groups is 2. The molecule has 2 aliphatic rings. The van der Waals surface area contributed by atoms with Crippen LogP contribution in [-0.2, 0) is 4.74 Å². The van der Waals surface area contributed by atoms with Crippen LogP contribution in [0.5, 0.6) is 0 Å². The molecule has 1 aliphatic heterocycles. The topological polar surface area (TPSA) is 111 Å². The fourth-order valence-corrected chi connectivity index (χ4v) is 3.32. The summed E-state index contributed by atoms with van der Waals surface area (Å²) in [5.74, 6) is -4.26. The van der Waals surface area contributed by atoms with Crippen LogP contribution in [0, 0.1) is 0 Å². The molecule has 1 aliphatic carbocycles. The first-order valence-electron chi connectivity index (χ1n) is 8.05. The van der Waals surface area contributed by atoms with E-state index in [1.54, 1.807) is 18.2 Å². The Balaban J connectivity index is 1.77. The van der Waals surface area contributed by atoms with Crippen LogP contribution in [0.25, 0.3) is 0 Å². The van der Waals surface area contributed by atoms with E-state index in [9.17, 15) is 33.4 Å². The van der Waals surface area contributed by atoms with Gasteiger partial charge in [0.05, 0.1) is 6.42 Å². The van der Waals surface area contributed by atoms with Crippen LogP contribution in [0.1, 0.15) is 23.0 Å². The molecular formula is C17H14F2N2O6. The van der Waals surface area contributed by atoms with Gasteiger partial charge in [0.2, 0.25) is 0 Å². The number of aromatic nitrogens is 2. The highest BCUT2D eigenvalue weighted by molar-refractivity contribution is 5.95. The van der Waals surface area contributed by atoms with E-state index in [-0.39, 0.29) is 5.56 Å². The van der Waals surface area contributed by atoms with Crippen molar-refractivity contribution in [1.29, 1.82) is 0 Å². The van der Waals surface area contributed by atoms with Crippen molar-refractivity contribution < 1.29 is 28.5 Å². The largest absolute Gasteiger partial charge is 0.387 e. The Bertz CT molecular complexity index is 1030. The van der Waals surface area contributed by atoms with Gasteiger partial charge in [0.1, 0.15) is 12.2 Å². The van der Waals surface area contributed by atoms with Crippen LogP contribution in [0.4, 0.5) is 8.78 Å². The Kier molecular flexibility index (Phi) is 3.71. The molecule has 2 N–H and O–H groups in total. The second-order valence-corrected chi connectivity index (χ2v) is 6.56. The van der Waals surface area contributed by atoms with Gasteiger partial charge in [-0.3, -0.25) is 14.2 Å². The molecule has 1 saturated heterocycles. The van der Waals surface area contributed by atoms with E-state index >= 15 is 0 Å². The zero-order valence-corrected chi connectivity index (χ0v) is 13.7. The van der Waals surface area contributed by atoms with Gasteiger partial charge in [-0.15, -0.1) is 0 Å². The third-order valence-electron chi connectivity index (χ3n) is 4.91. The second-order valence-electron chi connectivity index (χ2n) is 6.56. The molecule has 2 aromatic rings. The number of benzene rings is 1. The van der Waals surface area contributed by atoms with E-state index < -0.39 is 53.5 Å². The van der Waals surface area contributed by atoms with Gasteiger partial charge in [-0.1, -0.05) is 18.2 Å². The lowest BCUT2D eigenvalue weighted by Crippen LogP contribution is -2.46. The molecule has 2 fully saturated rings. The lowest BCUT2D eigenvalue weighted by atomic mass is 10.1. The lowest BCUT2D eigenvalue weighted by Gasteiger charge is -2.18. The zero-order chi connectivity index (χ0) is 19.6. The normalized spacial score (nSPS) is 31.2. The fraction of sp³-hybridized carbons (Fsp3) is 0.353. The molecular weight excluding hydrogens is 366 g/mol. The van der Waals surface area contributed by atoms with Gasteiger partial charge in [-0.2, -0.15) is 4.57 Å². The highest BCUT2D eigenvalue weighted by Crippen LogP contribution is 2.63. The van der Waals surface area contributed by atoms with Crippen molar-refractivity contribution in [2.24, 2.45) is 0 Å². The molecule has 27 heavy (non-hydrogen) atoms. The summed E-state index contributed by atoms with van der Waals surface area (Å²) in [6, 6.07) is 8.40. The van der Waals surface area contributed by atoms with E-state index in [2.05, 4.69) is 0 Å². The molecule has 4 atom stereocenters. The molecule has 2 heterocycles. The maximum Gasteiger partial charge on any atom is 0.340 e. The van der Waals surface area contributed by atoms with E-state index in [4.69, 9.17) is 4.74 Å². The molecule has 1 aromatic carbocycles. The Labute approximate surface area is 149 Å².